The Morgan fingerprint density at radius 1 is 1.07 bits per heavy atom. The van der Waals surface area contributed by atoms with E-state index >= 15 is 0 Å². The Balaban J connectivity index is 1.46. The van der Waals surface area contributed by atoms with Crippen LogP contribution in [0.1, 0.15) is 56.6 Å². The van der Waals surface area contributed by atoms with Crippen molar-refractivity contribution < 1.29 is 28.5 Å². The van der Waals surface area contributed by atoms with Gasteiger partial charge in [-0.1, -0.05) is 32.0 Å². The molecule has 9 heteroatoms. The molecule has 2 N–H and O–H groups in total. The highest BCUT2D eigenvalue weighted by molar-refractivity contribution is 5.81. The molecule has 4 rings (SSSR count). The topological polar surface area (TPSA) is 90.5 Å². The second-order valence-electron chi connectivity index (χ2n) is 12.2. The molecule has 2 aromatic carbocycles. The van der Waals surface area contributed by atoms with Gasteiger partial charge in [-0.25, -0.2) is 0 Å². The van der Waals surface area contributed by atoms with Gasteiger partial charge in [-0.3, -0.25) is 4.79 Å². The normalized spacial score (nSPS) is 20.3. The van der Waals surface area contributed by atoms with E-state index in [0.29, 0.717) is 33.0 Å². The first kappa shape index (κ1) is 33.1. The van der Waals surface area contributed by atoms with Crippen molar-refractivity contribution in [3.05, 3.63) is 53.6 Å². The molecule has 0 unspecified atom stereocenters. The van der Waals surface area contributed by atoms with Crippen LogP contribution in [-0.2, 0) is 25.6 Å². The summed E-state index contributed by atoms with van der Waals surface area (Å²) in [6, 6.07) is 15.0. The van der Waals surface area contributed by atoms with Crippen molar-refractivity contribution in [3.63, 3.8) is 0 Å². The standard InChI is InChI=1S/C34H51N3O6/c1-34(2,33(38)35-3)22-27-21-29(26-9-11-28(12-10-26)41-18-7-17-40-5)32(23-36-27)43-24-25-8-13-31-30(20-25)37(15-19-42-31)14-6-16-39-4/h8-13,20,27,29,32,36H,6-7,14-19,21-24H2,1-5H3,(H,35,38)/t27-,29-,32+/m1/s1. The van der Waals surface area contributed by atoms with Crippen LogP contribution in [0.2, 0.25) is 0 Å². The fourth-order valence-corrected chi connectivity index (χ4v) is 6.14. The van der Waals surface area contributed by atoms with Crippen LogP contribution < -0.4 is 25.0 Å². The van der Waals surface area contributed by atoms with E-state index in [9.17, 15) is 4.79 Å². The molecule has 2 aliphatic heterocycles. The molecule has 0 bridgehead atoms. The number of anilines is 1. The van der Waals surface area contributed by atoms with E-state index in [1.807, 2.05) is 26.0 Å². The van der Waals surface area contributed by atoms with Gasteiger partial charge in [0.1, 0.15) is 18.1 Å². The number of amides is 1. The monoisotopic (exact) mass is 597 g/mol. The van der Waals surface area contributed by atoms with Crippen LogP contribution in [0.5, 0.6) is 11.5 Å². The van der Waals surface area contributed by atoms with Crippen LogP contribution in [0.25, 0.3) is 0 Å². The smallest absolute Gasteiger partial charge is 0.225 e. The molecule has 0 aromatic heterocycles. The van der Waals surface area contributed by atoms with Gasteiger partial charge in [0.05, 0.1) is 31.5 Å². The highest BCUT2D eigenvalue weighted by Crippen LogP contribution is 2.37. The van der Waals surface area contributed by atoms with Crippen LogP contribution in [-0.4, -0.2) is 85.4 Å². The van der Waals surface area contributed by atoms with Crippen molar-refractivity contribution in [2.24, 2.45) is 5.41 Å². The van der Waals surface area contributed by atoms with Gasteiger partial charge in [0.25, 0.3) is 0 Å². The highest BCUT2D eigenvalue weighted by atomic mass is 16.5. The number of piperidine rings is 1. The Morgan fingerprint density at radius 2 is 1.84 bits per heavy atom. The third-order valence-electron chi connectivity index (χ3n) is 8.49. The molecule has 9 nitrogen and oxygen atoms in total. The number of benzene rings is 2. The highest BCUT2D eigenvalue weighted by Gasteiger charge is 2.37. The van der Waals surface area contributed by atoms with E-state index in [1.165, 1.54) is 5.56 Å². The van der Waals surface area contributed by atoms with E-state index in [1.54, 1.807) is 21.3 Å². The van der Waals surface area contributed by atoms with E-state index in [0.717, 1.165) is 68.1 Å². The summed E-state index contributed by atoms with van der Waals surface area (Å²) in [5.41, 5.74) is 3.01. The Labute approximate surface area is 257 Å². The maximum absolute atomic E-state index is 12.5. The van der Waals surface area contributed by atoms with Gasteiger partial charge in [0.15, 0.2) is 0 Å². The first-order valence-corrected chi connectivity index (χ1v) is 15.6. The molecule has 0 radical (unpaired) electrons. The lowest BCUT2D eigenvalue weighted by Crippen LogP contribution is -2.50. The molecule has 2 aromatic rings. The van der Waals surface area contributed by atoms with Crippen LogP contribution in [0.3, 0.4) is 0 Å². The van der Waals surface area contributed by atoms with E-state index < -0.39 is 5.41 Å². The first-order valence-electron chi connectivity index (χ1n) is 15.6. The largest absolute Gasteiger partial charge is 0.494 e. The molecule has 1 fully saturated rings. The van der Waals surface area contributed by atoms with Crippen molar-refractivity contribution in [3.8, 4) is 11.5 Å². The van der Waals surface area contributed by atoms with Crippen molar-refractivity contribution in [1.29, 1.82) is 0 Å². The average molecular weight is 598 g/mol. The van der Waals surface area contributed by atoms with Gasteiger partial charge in [-0.15, -0.1) is 0 Å². The quantitative estimate of drug-likeness (QED) is 0.273. The van der Waals surface area contributed by atoms with Crippen LogP contribution in [0.4, 0.5) is 5.69 Å². The van der Waals surface area contributed by atoms with Crippen molar-refractivity contribution in [2.75, 3.05) is 72.2 Å². The van der Waals surface area contributed by atoms with E-state index in [4.69, 9.17) is 23.7 Å². The number of fused-ring (bicyclic) bond motifs is 1. The molecule has 43 heavy (non-hydrogen) atoms. The number of ether oxygens (including phenoxy) is 5. The molecular formula is C34H51N3O6. The molecule has 3 atom stereocenters. The van der Waals surface area contributed by atoms with Gasteiger partial charge < -0.3 is 39.2 Å². The second kappa shape index (κ2) is 16.3. The van der Waals surface area contributed by atoms with Crippen molar-refractivity contribution in [1.82, 2.24) is 10.6 Å². The molecule has 0 saturated carbocycles. The zero-order valence-electron chi connectivity index (χ0n) is 26.7. The van der Waals surface area contributed by atoms with Gasteiger partial charge in [-0.05, 0) is 54.7 Å². The summed E-state index contributed by atoms with van der Waals surface area (Å²) in [5.74, 6) is 2.03. The summed E-state index contributed by atoms with van der Waals surface area (Å²) in [6.07, 6.45) is 3.44. The van der Waals surface area contributed by atoms with Gasteiger partial charge in [0.2, 0.25) is 5.91 Å². The van der Waals surface area contributed by atoms with Gasteiger partial charge >= 0.3 is 0 Å². The molecule has 1 saturated heterocycles. The van der Waals surface area contributed by atoms with Crippen molar-refractivity contribution >= 4 is 11.6 Å². The van der Waals surface area contributed by atoms with Crippen molar-refractivity contribution in [2.45, 2.75) is 64.2 Å². The number of hydrogen-bond donors (Lipinski definition) is 2. The number of methoxy groups -OCH3 is 2. The summed E-state index contributed by atoms with van der Waals surface area (Å²) >= 11 is 0. The number of carbonyl (C=O) groups is 1. The number of nitrogens with one attached hydrogen (secondary N) is 2. The summed E-state index contributed by atoms with van der Waals surface area (Å²) in [4.78, 5) is 14.9. The maximum Gasteiger partial charge on any atom is 0.225 e. The number of hydrogen-bond acceptors (Lipinski definition) is 8. The predicted molar refractivity (Wildman–Crippen MR) is 169 cm³/mol. The molecular weight excluding hydrogens is 546 g/mol. The minimum atomic E-state index is -0.467. The Bertz CT molecular complexity index is 1140. The number of rotatable bonds is 16. The van der Waals surface area contributed by atoms with Gasteiger partial charge in [0, 0.05) is 71.4 Å². The third kappa shape index (κ3) is 9.32. The SMILES string of the molecule is CNC(=O)C(C)(C)C[C@H]1C[C@H](c2ccc(OCCCOC)cc2)[C@@H](OCc2ccc3c(c2)N(CCCOC)CCO3)CN1. The lowest BCUT2D eigenvalue weighted by molar-refractivity contribution is -0.129. The minimum absolute atomic E-state index is 0.0158. The summed E-state index contributed by atoms with van der Waals surface area (Å²) in [5, 5.41) is 6.52. The van der Waals surface area contributed by atoms with E-state index in [2.05, 4.69) is 45.9 Å². The average Bonchev–Trinajstić information content (AvgIpc) is 3.02. The van der Waals surface area contributed by atoms with Crippen LogP contribution >= 0.6 is 0 Å². The van der Waals surface area contributed by atoms with Gasteiger partial charge in [-0.2, -0.15) is 0 Å². The first-order chi connectivity index (χ1) is 20.8. The third-order valence-corrected chi connectivity index (χ3v) is 8.49. The minimum Gasteiger partial charge on any atom is -0.494 e. The number of nitrogens with zero attached hydrogens (tertiary/aromatic N) is 1. The predicted octanol–water partition coefficient (Wildman–Crippen LogP) is 4.53. The summed E-state index contributed by atoms with van der Waals surface area (Å²) < 4.78 is 28.9. The Kier molecular flexibility index (Phi) is 12.5. The maximum atomic E-state index is 12.5. The molecule has 238 valence electrons. The van der Waals surface area contributed by atoms with Crippen LogP contribution in [0.15, 0.2) is 42.5 Å². The summed E-state index contributed by atoms with van der Waals surface area (Å²) in [7, 11) is 5.15. The lowest BCUT2D eigenvalue weighted by Gasteiger charge is -2.40. The molecule has 0 aliphatic carbocycles. The molecule has 2 heterocycles. The fraction of sp³-hybridized carbons (Fsp3) is 0.618. The molecule has 1 amide bonds. The summed E-state index contributed by atoms with van der Waals surface area (Å²) in [6.45, 7) is 9.80. The zero-order chi connectivity index (χ0) is 30.7. The Hall–Kier alpha value is -2.85. The van der Waals surface area contributed by atoms with E-state index in [-0.39, 0.29) is 24.0 Å². The lowest BCUT2D eigenvalue weighted by atomic mass is 9.77. The van der Waals surface area contributed by atoms with Crippen LogP contribution in [0, 0.1) is 5.41 Å². The Morgan fingerprint density at radius 3 is 2.58 bits per heavy atom. The fourth-order valence-electron chi connectivity index (χ4n) is 6.14. The second-order valence-corrected chi connectivity index (χ2v) is 12.2. The molecule has 0 spiro atoms. The zero-order valence-corrected chi connectivity index (χ0v) is 26.7. The molecule has 2 aliphatic rings. The number of carbonyl (C=O) groups excluding carboxylic acids is 1.